The summed E-state index contributed by atoms with van der Waals surface area (Å²) < 4.78 is 17.6. The van der Waals surface area contributed by atoms with Crippen LogP contribution in [0.15, 0.2) is 65.4 Å². The number of nitrogens with one attached hydrogen (secondary N) is 1. The Hall–Kier alpha value is -2.74. The molecule has 0 radical (unpaired) electrons. The summed E-state index contributed by atoms with van der Waals surface area (Å²) in [5, 5.41) is 4.58. The van der Waals surface area contributed by atoms with Gasteiger partial charge in [-0.25, -0.2) is 9.97 Å². The van der Waals surface area contributed by atoms with Crippen LogP contribution in [0.4, 0.5) is 11.5 Å². The van der Waals surface area contributed by atoms with E-state index >= 15 is 0 Å². The first-order valence-electron chi connectivity index (χ1n) is 9.38. The first-order valence-corrected chi connectivity index (χ1v) is 10.6. The Labute approximate surface area is 205 Å². The predicted molar refractivity (Wildman–Crippen MR) is 133 cm³/mol. The second-order valence-corrected chi connectivity index (χ2v) is 7.86. The summed E-state index contributed by atoms with van der Waals surface area (Å²) in [5.74, 6) is 2.43. The molecule has 1 N–H and O–H groups in total. The van der Waals surface area contributed by atoms with E-state index in [-0.39, 0.29) is 12.4 Å². The Morgan fingerprint density at radius 3 is 2.41 bits per heavy atom. The van der Waals surface area contributed by atoms with Crippen LogP contribution >= 0.6 is 39.9 Å². The summed E-state index contributed by atoms with van der Waals surface area (Å²) in [6.45, 7) is 0.409. The molecule has 3 aromatic carbocycles. The summed E-state index contributed by atoms with van der Waals surface area (Å²) in [6, 6.07) is 17.1. The number of methoxy groups -OCH3 is 2. The molecule has 0 aliphatic heterocycles. The highest BCUT2D eigenvalue weighted by Gasteiger charge is 2.12. The molecule has 1 aromatic heterocycles. The molecule has 4 rings (SSSR count). The molecule has 0 bridgehead atoms. The fraction of sp³-hybridized carbons (Fsp3) is 0.130. The lowest BCUT2D eigenvalue weighted by atomic mass is 10.2. The third-order valence-corrected chi connectivity index (χ3v) is 5.75. The molecule has 0 aliphatic carbocycles. The van der Waals surface area contributed by atoms with Gasteiger partial charge in [0.15, 0.2) is 11.5 Å². The van der Waals surface area contributed by atoms with Crippen molar-refractivity contribution >= 4 is 62.3 Å². The average Bonchev–Trinajstić information content (AvgIpc) is 2.79. The van der Waals surface area contributed by atoms with Gasteiger partial charge in [-0.2, -0.15) is 0 Å². The minimum absolute atomic E-state index is 0. The number of nitrogens with zero attached hydrogens (tertiary/aromatic N) is 2. The maximum absolute atomic E-state index is 6.46. The van der Waals surface area contributed by atoms with Crippen LogP contribution in [0.3, 0.4) is 0 Å². The van der Waals surface area contributed by atoms with E-state index in [1.807, 2.05) is 48.5 Å². The van der Waals surface area contributed by atoms with Crippen molar-refractivity contribution < 1.29 is 14.2 Å². The number of benzene rings is 3. The molecule has 0 saturated carbocycles. The number of aromatic nitrogens is 2. The molecule has 0 spiro atoms. The second-order valence-electron chi connectivity index (χ2n) is 6.60. The zero-order valence-corrected chi connectivity index (χ0v) is 20.4. The van der Waals surface area contributed by atoms with E-state index in [0.717, 1.165) is 26.6 Å². The lowest BCUT2D eigenvalue weighted by Gasteiger charge is -2.13. The molecule has 166 valence electrons. The number of ether oxygens (including phenoxy) is 3. The Balaban J connectivity index is 0.00000289. The molecule has 0 unspecified atom stereocenters. The van der Waals surface area contributed by atoms with Gasteiger partial charge in [-0.05, 0) is 30.3 Å². The molecule has 0 fully saturated rings. The van der Waals surface area contributed by atoms with Gasteiger partial charge in [-0.1, -0.05) is 45.7 Å². The van der Waals surface area contributed by atoms with E-state index in [1.54, 1.807) is 20.3 Å². The minimum Gasteiger partial charge on any atom is -0.493 e. The van der Waals surface area contributed by atoms with E-state index in [0.29, 0.717) is 34.7 Å². The predicted octanol–water partition coefficient (Wildman–Crippen LogP) is 6.81. The number of hydrogen-bond acceptors (Lipinski definition) is 6. The van der Waals surface area contributed by atoms with Gasteiger partial charge in [0.1, 0.15) is 24.5 Å². The van der Waals surface area contributed by atoms with Gasteiger partial charge in [-0.15, -0.1) is 12.4 Å². The maximum atomic E-state index is 6.46. The molecule has 0 saturated heterocycles. The Bertz CT molecular complexity index is 1240. The smallest absolute Gasteiger partial charge is 0.162 e. The van der Waals surface area contributed by atoms with E-state index in [9.17, 15) is 0 Å². The molecule has 9 heteroatoms. The van der Waals surface area contributed by atoms with Crippen molar-refractivity contribution in [2.75, 3.05) is 19.5 Å². The van der Waals surface area contributed by atoms with E-state index in [4.69, 9.17) is 25.8 Å². The normalized spacial score (nSPS) is 10.4. The third kappa shape index (κ3) is 5.18. The van der Waals surface area contributed by atoms with Gasteiger partial charge in [-0.3, -0.25) is 0 Å². The number of hydrogen-bond donors (Lipinski definition) is 1. The van der Waals surface area contributed by atoms with Crippen molar-refractivity contribution in [2.24, 2.45) is 0 Å². The highest BCUT2D eigenvalue weighted by molar-refractivity contribution is 9.10. The number of anilines is 2. The van der Waals surface area contributed by atoms with Gasteiger partial charge < -0.3 is 19.5 Å². The number of rotatable bonds is 7. The van der Waals surface area contributed by atoms with Crippen molar-refractivity contribution in [1.29, 1.82) is 0 Å². The standard InChI is InChI=1S/C23H19BrClN3O3.ClH/c1-29-21-10-16-19(11-22(21)30-2)26-13-27-23(16)28-15-7-8-20(18(25)9-15)31-12-14-5-3-4-6-17(14)24;/h3-11,13H,12H2,1-2H3,(H,26,27,28);1H. The van der Waals surface area contributed by atoms with Gasteiger partial charge in [0.2, 0.25) is 0 Å². The average molecular weight is 537 g/mol. The quantitative estimate of drug-likeness (QED) is 0.280. The molecule has 0 amide bonds. The Morgan fingerprint density at radius 1 is 0.938 bits per heavy atom. The molecule has 0 aliphatic rings. The van der Waals surface area contributed by atoms with Crippen molar-refractivity contribution in [3.05, 3.63) is 76.0 Å². The Kier molecular flexibility index (Phi) is 8.01. The minimum atomic E-state index is 0. The SMILES string of the molecule is COc1cc2ncnc(Nc3ccc(OCc4ccccc4Br)c(Cl)c3)c2cc1OC.Cl. The highest BCUT2D eigenvalue weighted by Crippen LogP contribution is 2.35. The van der Waals surface area contributed by atoms with Crippen LogP contribution in [0.25, 0.3) is 10.9 Å². The second kappa shape index (κ2) is 10.7. The van der Waals surface area contributed by atoms with E-state index in [1.165, 1.54) is 6.33 Å². The van der Waals surface area contributed by atoms with Gasteiger partial charge in [0.05, 0.1) is 24.8 Å². The van der Waals surface area contributed by atoms with Gasteiger partial charge in [0.25, 0.3) is 0 Å². The van der Waals surface area contributed by atoms with Crippen LogP contribution in [0, 0.1) is 0 Å². The largest absolute Gasteiger partial charge is 0.493 e. The maximum Gasteiger partial charge on any atom is 0.162 e. The fourth-order valence-corrected chi connectivity index (χ4v) is 3.72. The van der Waals surface area contributed by atoms with Crippen LogP contribution in [-0.2, 0) is 6.61 Å². The summed E-state index contributed by atoms with van der Waals surface area (Å²) >= 11 is 9.99. The van der Waals surface area contributed by atoms with Crippen LogP contribution in [0.5, 0.6) is 17.2 Å². The number of halogens is 3. The lowest BCUT2D eigenvalue weighted by Crippen LogP contribution is -1.99. The summed E-state index contributed by atoms with van der Waals surface area (Å²) in [6.07, 6.45) is 1.49. The summed E-state index contributed by atoms with van der Waals surface area (Å²) in [7, 11) is 3.18. The van der Waals surface area contributed by atoms with E-state index < -0.39 is 0 Å². The van der Waals surface area contributed by atoms with Crippen molar-refractivity contribution in [3.8, 4) is 17.2 Å². The van der Waals surface area contributed by atoms with Crippen LogP contribution < -0.4 is 19.5 Å². The fourth-order valence-electron chi connectivity index (χ4n) is 3.09. The van der Waals surface area contributed by atoms with Gasteiger partial charge in [0, 0.05) is 27.2 Å². The highest BCUT2D eigenvalue weighted by atomic mass is 79.9. The molecule has 32 heavy (non-hydrogen) atoms. The zero-order valence-electron chi connectivity index (χ0n) is 17.3. The molecule has 0 atom stereocenters. The number of fused-ring (bicyclic) bond motifs is 1. The molecule has 1 heterocycles. The first kappa shape index (κ1) is 23.9. The topological polar surface area (TPSA) is 65.5 Å². The van der Waals surface area contributed by atoms with E-state index in [2.05, 4.69) is 31.2 Å². The van der Waals surface area contributed by atoms with Crippen LogP contribution in [-0.4, -0.2) is 24.2 Å². The lowest BCUT2D eigenvalue weighted by molar-refractivity contribution is 0.305. The van der Waals surface area contributed by atoms with Gasteiger partial charge >= 0.3 is 0 Å². The zero-order chi connectivity index (χ0) is 21.8. The van der Waals surface area contributed by atoms with Crippen LogP contribution in [0.2, 0.25) is 5.02 Å². The van der Waals surface area contributed by atoms with Crippen molar-refractivity contribution in [3.63, 3.8) is 0 Å². The summed E-state index contributed by atoms with van der Waals surface area (Å²) in [5.41, 5.74) is 2.54. The first-order chi connectivity index (χ1) is 15.1. The monoisotopic (exact) mass is 535 g/mol. The molecular formula is C23H20BrCl2N3O3. The summed E-state index contributed by atoms with van der Waals surface area (Å²) in [4.78, 5) is 8.70. The van der Waals surface area contributed by atoms with Crippen LogP contribution in [0.1, 0.15) is 5.56 Å². The molecular weight excluding hydrogens is 517 g/mol. The third-order valence-electron chi connectivity index (χ3n) is 4.68. The van der Waals surface area contributed by atoms with Crippen molar-refractivity contribution in [1.82, 2.24) is 9.97 Å². The molecule has 4 aromatic rings. The Morgan fingerprint density at radius 2 is 1.69 bits per heavy atom. The molecule has 6 nitrogen and oxygen atoms in total. The van der Waals surface area contributed by atoms with Crippen molar-refractivity contribution in [2.45, 2.75) is 6.61 Å².